The third-order valence-corrected chi connectivity index (χ3v) is 3.38. The molecule has 2 amide bonds. The highest BCUT2D eigenvalue weighted by Crippen LogP contribution is 2.21. The Labute approximate surface area is 104 Å². The van der Waals surface area contributed by atoms with E-state index in [-0.39, 0.29) is 12.0 Å². The summed E-state index contributed by atoms with van der Waals surface area (Å²) in [6.45, 7) is 0. The SMILES string of the molecule is NC(=O)Cc1cccc(C(C(N)=O)S(N)(=O)=O)c1. The molecule has 0 aromatic heterocycles. The average molecular weight is 271 g/mol. The van der Waals surface area contributed by atoms with Gasteiger partial charge < -0.3 is 11.5 Å². The van der Waals surface area contributed by atoms with Crippen LogP contribution in [-0.2, 0) is 26.0 Å². The van der Waals surface area contributed by atoms with Crippen molar-refractivity contribution in [3.05, 3.63) is 35.4 Å². The summed E-state index contributed by atoms with van der Waals surface area (Å²) in [6, 6.07) is 5.83. The van der Waals surface area contributed by atoms with Crippen LogP contribution in [0.15, 0.2) is 24.3 Å². The van der Waals surface area contributed by atoms with Gasteiger partial charge in [0.1, 0.15) is 0 Å². The lowest BCUT2D eigenvalue weighted by Crippen LogP contribution is -2.33. The van der Waals surface area contributed by atoms with Crippen molar-refractivity contribution in [1.82, 2.24) is 0 Å². The lowest BCUT2D eigenvalue weighted by atomic mass is 10.1. The highest BCUT2D eigenvalue weighted by Gasteiger charge is 2.29. The van der Waals surface area contributed by atoms with Gasteiger partial charge in [0, 0.05) is 0 Å². The largest absolute Gasteiger partial charge is 0.369 e. The van der Waals surface area contributed by atoms with E-state index in [2.05, 4.69) is 0 Å². The molecule has 0 bridgehead atoms. The van der Waals surface area contributed by atoms with Crippen molar-refractivity contribution < 1.29 is 18.0 Å². The zero-order chi connectivity index (χ0) is 13.9. The minimum absolute atomic E-state index is 0.0655. The van der Waals surface area contributed by atoms with Crippen LogP contribution >= 0.6 is 0 Å². The predicted octanol–water partition coefficient (Wildman–Crippen LogP) is -1.47. The summed E-state index contributed by atoms with van der Waals surface area (Å²) in [7, 11) is -4.15. The number of rotatable bonds is 5. The Morgan fingerprint density at radius 2 is 1.83 bits per heavy atom. The summed E-state index contributed by atoms with van der Waals surface area (Å²) < 4.78 is 22.6. The molecular formula is C10H13N3O4S. The molecule has 1 aromatic carbocycles. The highest BCUT2D eigenvalue weighted by molar-refractivity contribution is 7.90. The Kier molecular flexibility index (Phi) is 4.04. The molecule has 0 aliphatic heterocycles. The molecule has 0 saturated carbocycles. The van der Waals surface area contributed by atoms with Crippen molar-refractivity contribution in [3.8, 4) is 0 Å². The third-order valence-electron chi connectivity index (χ3n) is 2.22. The van der Waals surface area contributed by atoms with Crippen LogP contribution < -0.4 is 16.6 Å². The molecular weight excluding hydrogens is 258 g/mol. The van der Waals surface area contributed by atoms with Gasteiger partial charge in [-0.25, -0.2) is 13.6 Å². The topological polar surface area (TPSA) is 146 Å². The molecule has 8 heteroatoms. The van der Waals surface area contributed by atoms with Crippen molar-refractivity contribution in [2.24, 2.45) is 16.6 Å². The van der Waals surface area contributed by atoms with Crippen LogP contribution in [0.2, 0.25) is 0 Å². The van der Waals surface area contributed by atoms with E-state index >= 15 is 0 Å². The van der Waals surface area contributed by atoms with Crippen LogP contribution in [0.3, 0.4) is 0 Å². The summed E-state index contributed by atoms with van der Waals surface area (Å²) in [6.07, 6.45) is -0.0655. The quantitative estimate of drug-likeness (QED) is 0.599. The first-order chi connectivity index (χ1) is 8.21. The van der Waals surface area contributed by atoms with E-state index < -0.39 is 27.1 Å². The molecule has 0 aliphatic rings. The van der Waals surface area contributed by atoms with E-state index in [9.17, 15) is 18.0 Å². The third kappa shape index (κ3) is 3.54. The Morgan fingerprint density at radius 3 is 2.28 bits per heavy atom. The van der Waals surface area contributed by atoms with Crippen molar-refractivity contribution in [1.29, 1.82) is 0 Å². The Bertz CT molecular complexity index is 583. The molecule has 0 saturated heterocycles. The Balaban J connectivity index is 3.22. The highest BCUT2D eigenvalue weighted by atomic mass is 32.2. The first-order valence-electron chi connectivity index (χ1n) is 4.90. The zero-order valence-electron chi connectivity index (χ0n) is 9.37. The van der Waals surface area contributed by atoms with Gasteiger partial charge in [-0.1, -0.05) is 24.3 Å². The van der Waals surface area contributed by atoms with Gasteiger partial charge >= 0.3 is 0 Å². The second-order valence-corrected chi connectivity index (χ2v) is 5.41. The fourth-order valence-corrected chi connectivity index (χ4v) is 2.43. The van der Waals surface area contributed by atoms with Crippen LogP contribution in [-0.4, -0.2) is 20.2 Å². The van der Waals surface area contributed by atoms with E-state index in [1.807, 2.05) is 0 Å². The number of hydrogen-bond acceptors (Lipinski definition) is 4. The number of hydrogen-bond donors (Lipinski definition) is 3. The first-order valence-corrected chi connectivity index (χ1v) is 6.51. The minimum atomic E-state index is -4.15. The molecule has 0 radical (unpaired) electrons. The van der Waals surface area contributed by atoms with E-state index in [4.69, 9.17) is 16.6 Å². The predicted molar refractivity (Wildman–Crippen MR) is 64.4 cm³/mol. The molecule has 0 aliphatic carbocycles. The lowest BCUT2D eigenvalue weighted by Gasteiger charge is -2.12. The Morgan fingerprint density at radius 1 is 1.22 bits per heavy atom. The molecule has 1 unspecified atom stereocenters. The smallest absolute Gasteiger partial charge is 0.241 e. The summed E-state index contributed by atoms with van der Waals surface area (Å²) in [5, 5.41) is 3.31. The standard InChI is InChI=1S/C10H13N3O4S/c11-8(14)5-6-2-1-3-7(4-6)9(10(12)15)18(13,16)17/h1-4,9H,5H2,(H2,11,14)(H2,12,15)(H2,13,16,17). The van der Waals surface area contributed by atoms with E-state index in [1.165, 1.54) is 18.2 Å². The fraction of sp³-hybridized carbons (Fsp3) is 0.200. The molecule has 1 atom stereocenters. The number of carbonyl (C=O) groups is 2. The molecule has 18 heavy (non-hydrogen) atoms. The Hall–Kier alpha value is -1.93. The van der Waals surface area contributed by atoms with Crippen molar-refractivity contribution in [2.45, 2.75) is 11.7 Å². The molecule has 98 valence electrons. The second-order valence-electron chi connectivity index (χ2n) is 3.76. The number of sulfonamides is 1. The maximum Gasteiger partial charge on any atom is 0.241 e. The van der Waals surface area contributed by atoms with Gasteiger partial charge in [0.15, 0.2) is 5.25 Å². The van der Waals surface area contributed by atoms with Crippen LogP contribution in [0.1, 0.15) is 16.4 Å². The van der Waals surface area contributed by atoms with Crippen LogP contribution in [0, 0.1) is 0 Å². The molecule has 0 fully saturated rings. The zero-order valence-corrected chi connectivity index (χ0v) is 10.2. The minimum Gasteiger partial charge on any atom is -0.369 e. The molecule has 0 spiro atoms. The van der Waals surface area contributed by atoms with E-state index in [0.717, 1.165) is 0 Å². The summed E-state index contributed by atoms with van der Waals surface area (Å²) in [5.74, 6) is -1.65. The van der Waals surface area contributed by atoms with Crippen molar-refractivity contribution in [3.63, 3.8) is 0 Å². The van der Waals surface area contributed by atoms with Gasteiger partial charge in [-0.15, -0.1) is 0 Å². The number of carbonyl (C=O) groups excluding carboxylic acids is 2. The molecule has 7 nitrogen and oxygen atoms in total. The van der Waals surface area contributed by atoms with Gasteiger partial charge in [-0.2, -0.15) is 0 Å². The fourth-order valence-electron chi connectivity index (χ4n) is 1.58. The number of primary amides is 2. The van der Waals surface area contributed by atoms with Gasteiger partial charge in [0.05, 0.1) is 6.42 Å². The van der Waals surface area contributed by atoms with Gasteiger partial charge in [0.25, 0.3) is 0 Å². The van der Waals surface area contributed by atoms with Crippen LogP contribution in [0.25, 0.3) is 0 Å². The molecule has 1 rings (SSSR count). The average Bonchev–Trinajstić information content (AvgIpc) is 2.13. The molecule has 1 aromatic rings. The monoisotopic (exact) mass is 271 g/mol. The van der Waals surface area contributed by atoms with Crippen LogP contribution in [0.5, 0.6) is 0 Å². The first kappa shape index (κ1) is 14.1. The molecule has 0 heterocycles. The van der Waals surface area contributed by atoms with Gasteiger partial charge in [0.2, 0.25) is 21.8 Å². The van der Waals surface area contributed by atoms with Crippen molar-refractivity contribution >= 4 is 21.8 Å². The van der Waals surface area contributed by atoms with Crippen molar-refractivity contribution in [2.75, 3.05) is 0 Å². The molecule has 6 N–H and O–H groups in total. The number of amides is 2. The van der Waals surface area contributed by atoms with Gasteiger partial charge in [-0.3, -0.25) is 9.59 Å². The number of benzene rings is 1. The maximum absolute atomic E-state index is 11.3. The summed E-state index contributed by atoms with van der Waals surface area (Å²) >= 11 is 0. The summed E-state index contributed by atoms with van der Waals surface area (Å²) in [5.41, 5.74) is 10.6. The normalized spacial score (nSPS) is 12.9. The number of primary sulfonamides is 1. The maximum atomic E-state index is 11.3. The second kappa shape index (κ2) is 5.15. The van der Waals surface area contributed by atoms with E-state index in [0.29, 0.717) is 5.56 Å². The van der Waals surface area contributed by atoms with E-state index in [1.54, 1.807) is 6.07 Å². The summed E-state index contributed by atoms with van der Waals surface area (Å²) in [4.78, 5) is 21.9. The lowest BCUT2D eigenvalue weighted by molar-refractivity contribution is -0.118. The number of nitrogens with two attached hydrogens (primary N) is 3. The van der Waals surface area contributed by atoms with Crippen LogP contribution in [0.4, 0.5) is 0 Å². The van der Waals surface area contributed by atoms with Gasteiger partial charge in [-0.05, 0) is 11.1 Å².